The molecule has 0 fully saturated rings. The van der Waals surface area contributed by atoms with Crippen LogP contribution >= 0.6 is 24.4 Å². The quantitative estimate of drug-likeness (QED) is 0.0194. The Kier molecular flexibility index (Phi) is 80.0. The first-order valence-corrected chi connectivity index (χ1v) is 40.1. The Balaban J connectivity index is -0.00000152. The zero-order valence-electron chi connectivity index (χ0n) is 57.1. The first-order valence-electron chi connectivity index (χ1n) is 37.7. The normalized spacial score (nSPS) is 11.7. The molecule has 0 heterocycles. The number of quaternary nitrogens is 2. The van der Waals surface area contributed by atoms with Crippen molar-refractivity contribution in [2.24, 2.45) is 0 Å². The van der Waals surface area contributed by atoms with Gasteiger partial charge in [-0.2, -0.15) is 0 Å². The minimum Gasteiger partial charge on any atom is -0.489 e. The van der Waals surface area contributed by atoms with Crippen molar-refractivity contribution in [3.8, 4) is 0 Å². The molecule has 0 atom stereocenters. The van der Waals surface area contributed by atoms with Gasteiger partial charge in [0.2, 0.25) is 0 Å². The van der Waals surface area contributed by atoms with E-state index < -0.39 is 0 Å². The summed E-state index contributed by atoms with van der Waals surface area (Å²) in [5.41, 5.74) is 0. The van der Waals surface area contributed by atoms with Crippen molar-refractivity contribution in [3.05, 3.63) is 0 Å². The van der Waals surface area contributed by atoms with Crippen molar-refractivity contribution < 1.29 is 27.3 Å². The Labute approximate surface area is 571 Å². The third kappa shape index (κ3) is 69.6. The monoisotopic (exact) mass is 1320 g/mol. The van der Waals surface area contributed by atoms with Crippen LogP contribution in [0.3, 0.4) is 0 Å². The third-order valence-electron chi connectivity index (χ3n) is 18.2. The van der Waals surface area contributed by atoms with E-state index in [-0.39, 0.29) is 19.5 Å². The molecule has 0 rings (SSSR count). The van der Waals surface area contributed by atoms with Crippen LogP contribution in [0.15, 0.2) is 0 Å². The summed E-state index contributed by atoms with van der Waals surface area (Å²) in [5.74, 6) is 0. The van der Waals surface area contributed by atoms with Crippen molar-refractivity contribution in [3.63, 3.8) is 0 Å². The van der Waals surface area contributed by atoms with Crippen molar-refractivity contribution in [1.82, 2.24) is 0 Å². The Morgan fingerprint density at radius 1 is 0.193 bits per heavy atom. The Morgan fingerprint density at radius 3 is 0.361 bits per heavy atom. The smallest absolute Gasteiger partial charge is 0.489 e. The average molecular weight is 1320 g/mol. The van der Waals surface area contributed by atoms with E-state index in [1.807, 2.05) is 0 Å². The van der Waals surface area contributed by atoms with E-state index in [4.69, 9.17) is 75.3 Å². The molecule has 0 N–H and O–H groups in total. The molecule has 0 aromatic heterocycles. The second kappa shape index (κ2) is 74.6. The maximum Gasteiger partial charge on any atom is 2.00 e. The fourth-order valence-corrected chi connectivity index (χ4v) is 13.5. The summed E-state index contributed by atoms with van der Waals surface area (Å²) in [6, 6.07) is 0. The maximum atomic E-state index is 5.93. The topological polar surface area (TPSA) is 0 Å². The Bertz CT molecular complexity index is 1080. The van der Waals surface area contributed by atoms with Crippen LogP contribution in [-0.2, 0) is 70.4 Å². The first-order chi connectivity index (χ1) is 40.1. The second-order valence-corrected chi connectivity index (χ2v) is 29.9. The van der Waals surface area contributed by atoms with Crippen molar-refractivity contribution >= 4 is 84.0 Å². The number of rotatable bonds is 68. The second-order valence-electron chi connectivity index (χ2n) is 26.4. The van der Waals surface area contributed by atoms with E-state index in [9.17, 15) is 0 Å². The molecule has 83 heavy (non-hydrogen) atoms. The molecule has 9 heteroatoms. The molecule has 0 aromatic carbocycles. The van der Waals surface area contributed by atoms with Crippen LogP contribution < -0.4 is 0 Å². The molecule has 0 unspecified atom stereocenters. The summed E-state index contributed by atoms with van der Waals surface area (Å²) < 4.78 is 2.06. The van der Waals surface area contributed by atoms with E-state index in [1.54, 1.807) is 0 Å². The molecule has 0 spiro atoms. The van der Waals surface area contributed by atoms with Gasteiger partial charge >= 0.3 is 19.5 Å². The molecule has 492 valence electrons. The van der Waals surface area contributed by atoms with Gasteiger partial charge in [-0.3, -0.25) is 0 Å². The fraction of sp³-hybridized carbons (Fsp3) is 0.973. The maximum absolute atomic E-state index is 5.93. The van der Waals surface area contributed by atoms with Crippen LogP contribution in [0.25, 0.3) is 0 Å². The van der Waals surface area contributed by atoms with Gasteiger partial charge in [-0.05, 0) is 51.4 Å². The first kappa shape index (κ1) is 89.1. The largest absolute Gasteiger partial charge is 2.00 e. The van der Waals surface area contributed by atoms with Crippen LogP contribution in [0.4, 0.5) is 0 Å². The van der Waals surface area contributed by atoms with Crippen LogP contribution in [0, 0.1) is 0 Å². The molecule has 0 aliphatic rings. The number of thiocarbonyl (C=S) groups is 2. The molecular weight excluding hydrogens is 1170 g/mol. The van der Waals surface area contributed by atoms with Gasteiger partial charge in [-0.1, -0.05) is 387 Å². The SMILES string of the molecule is CCCCCCCCCCCCCCCCCC[N+]([S-])(CCCCCCCCCCCCCCCCCC)C(=S)[S-].CCCCCCCCCCCCCCCCCC[N+]([S-])(CCCCCCCCCCCCCCCCCC)C(=S)[S-].[Zn+2]. The van der Waals surface area contributed by atoms with Gasteiger partial charge in [0.05, 0.1) is 26.2 Å². The van der Waals surface area contributed by atoms with E-state index in [0.29, 0.717) is 16.4 Å². The molecule has 0 amide bonds. The molecule has 0 radical (unpaired) electrons. The summed E-state index contributed by atoms with van der Waals surface area (Å²) in [4.78, 5) is 0. The van der Waals surface area contributed by atoms with Crippen LogP contribution in [0.2, 0.25) is 0 Å². The average Bonchev–Trinajstić information content (AvgIpc) is 3.48. The molecule has 0 aliphatic carbocycles. The van der Waals surface area contributed by atoms with Crippen LogP contribution in [0.5, 0.6) is 0 Å². The van der Waals surface area contributed by atoms with Gasteiger partial charge in [0.15, 0.2) is 0 Å². The zero-order valence-corrected chi connectivity index (χ0v) is 65.0. The van der Waals surface area contributed by atoms with Crippen LogP contribution in [0.1, 0.15) is 439 Å². The molecule has 0 saturated heterocycles. The Hall–Kier alpha value is 1.86. The van der Waals surface area contributed by atoms with E-state index >= 15 is 0 Å². The third-order valence-corrected chi connectivity index (χ3v) is 21.1. The summed E-state index contributed by atoms with van der Waals surface area (Å²) in [6.45, 7) is 13.1. The molecule has 0 saturated carbocycles. The van der Waals surface area contributed by atoms with Gasteiger partial charge in [0.1, 0.15) is 0 Å². The van der Waals surface area contributed by atoms with Gasteiger partial charge in [0.25, 0.3) is 0 Å². The van der Waals surface area contributed by atoms with Crippen molar-refractivity contribution in [2.45, 2.75) is 439 Å². The molecule has 0 aromatic rings. The molecular formula is C74H148N2S6Zn. The van der Waals surface area contributed by atoms with Gasteiger partial charge in [-0.15, -0.1) is 0 Å². The minimum atomic E-state index is 0. The summed E-state index contributed by atoms with van der Waals surface area (Å²) in [5, 5.41) is 0. The molecule has 0 aliphatic heterocycles. The van der Waals surface area contributed by atoms with Crippen molar-refractivity contribution in [1.29, 1.82) is 0 Å². The fourth-order valence-electron chi connectivity index (χ4n) is 12.2. The number of unbranched alkanes of at least 4 members (excludes halogenated alkanes) is 60. The molecule has 2 nitrogen and oxygen atoms in total. The summed E-state index contributed by atoms with van der Waals surface area (Å²) >= 11 is 33.6. The summed E-state index contributed by atoms with van der Waals surface area (Å²) in [6.07, 6.45) is 89.6. The predicted octanol–water partition coefficient (Wildman–Crippen LogP) is 27.2. The number of nitrogens with zero attached hydrogens (tertiary/aromatic N) is 2. The van der Waals surface area contributed by atoms with Gasteiger partial charge < -0.3 is 83.1 Å². The number of hydrogen-bond donors (Lipinski definition) is 0. The van der Waals surface area contributed by atoms with Crippen LogP contribution in [-0.4, -0.2) is 42.6 Å². The predicted molar refractivity (Wildman–Crippen MR) is 393 cm³/mol. The van der Waals surface area contributed by atoms with Gasteiger partial charge in [-0.25, -0.2) is 0 Å². The Morgan fingerprint density at radius 2 is 0.277 bits per heavy atom. The van der Waals surface area contributed by atoms with E-state index in [0.717, 1.165) is 26.2 Å². The standard InChI is InChI=1S/2C37H75NS3.Zn/c2*1-3-5-7-9-11-13-15-17-19-21-23-25-27-29-31-33-35-38(41,37(39)40)36-34-32-30-28-26-24-22-20-18-16-14-12-10-8-6-4-2;/h2*3-36H2,1-2H3,(H,39,40);/q;;+2/p-2. The van der Waals surface area contributed by atoms with E-state index in [1.165, 1.54) is 411 Å². The number of hydrogen-bond acceptors (Lipinski definition) is 6. The zero-order chi connectivity index (χ0) is 60.2. The summed E-state index contributed by atoms with van der Waals surface area (Å²) in [7, 11) is 0. The molecule has 0 bridgehead atoms. The van der Waals surface area contributed by atoms with Crippen molar-refractivity contribution in [2.75, 3.05) is 26.2 Å². The van der Waals surface area contributed by atoms with E-state index in [2.05, 4.69) is 27.7 Å². The minimum absolute atomic E-state index is 0. The van der Waals surface area contributed by atoms with Gasteiger partial charge in [0, 0.05) is 8.64 Å².